The monoisotopic (exact) mass is 411 g/mol. The maximum Gasteiger partial charge on any atom is 0.433 e. The third-order valence-corrected chi connectivity index (χ3v) is 3.84. The Kier molecular flexibility index (Phi) is 5.50. The van der Waals surface area contributed by atoms with Gasteiger partial charge in [0.1, 0.15) is 23.0 Å². The fourth-order valence-electron chi connectivity index (χ4n) is 2.28. The molecule has 7 nitrogen and oxygen atoms in total. The summed E-state index contributed by atoms with van der Waals surface area (Å²) in [5.41, 5.74) is -0.733. The molecule has 2 heterocycles. The highest BCUT2D eigenvalue weighted by Crippen LogP contribution is 2.38. The van der Waals surface area contributed by atoms with E-state index in [1.165, 1.54) is 44.9 Å². The average Bonchev–Trinajstić information content (AvgIpc) is 2.68. The Labute approximate surface area is 162 Å². The van der Waals surface area contributed by atoms with Crippen LogP contribution in [0.25, 0.3) is 11.5 Å². The maximum atomic E-state index is 13.3. The Bertz CT molecular complexity index is 987. The summed E-state index contributed by atoms with van der Waals surface area (Å²) in [5, 5.41) is 3.07. The van der Waals surface area contributed by atoms with Crippen molar-refractivity contribution in [3.05, 3.63) is 47.5 Å². The van der Waals surface area contributed by atoms with E-state index in [4.69, 9.17) is 21.1 Å². The van der Waals surface area contributed by atoms with Gasteiger partial charge in [-0.1, -0.05) is 11.6 Å². The van der Waals surface area contributed by atoms with Crippen LogP contribution in [0, 0.1) is 0 Å². The van der Waals surface area contributed by atoms with Crippen LogP contribution in [0.2, 0.25) is 5.02 Å². The molecule has 0 radical (unpaired) electrons. The van der Waals surface area contributed by atoms with Gasteiger partial charge in [0.2, 0.25) is 0 Å². The summed E-state index contributed by atoms with van der Waals surface area (Å²) < 4.78 is 50.3. The fraction of sp³-hybridized carbons (Fsp3) is 0.176. The summed E-state index contributed by atoms with van der Waals surface area (Å²) >= 11 is 6.05. The highest BCUT2D eigenvalue weighted by Gasteiger charge is 2.34. The van der Waals surface area contributed by atoms with Crippen LogP contribution in [0.1, 0.15) is 5.69 Å². The van der Waals surface area contributed by atoms with Crippen LogP contribution in [-0.4, -0.2) is 34.2 Å². The zero-order chi connectivity index (χ0) is 20.3. The molecule has 0 fully saturated rings. The van der Waals surface area contributed by atoms with Gasteiger partial charge in [0.15, 0.2) is 11.5 Å². The van der Waals surface area contributed by atoms with Gasteiger partial charge in [-0.3, -0.25) is 4.98 Å². The number of halogens is 4. The molecular weight excluding hydrogens is 399 g/mol. The van der Waals surface area contributed by atoms with E-state index in [0.29, 0.717) is 17.2 Å². The fourth-order valence-corrected chi connectivity index (χ4v) is 2.51. The number of anilines is 2. The van der Waals surface area contributed by atoms with Crippen LogP contribution < -0.4 is 14.8 Å². The van der Waals surface area contributed by atoms with Gasteiger partial charge in [0, 0.05) is 30.6 Å². The van der Waals surface area contributed by atoms with E-state index < -0.39 is 11.9 Å². The molecule has 0 unspecified atom stereocenters. The van der Waals surface area contributed by atoms with Crippen molar-refractivity contribution in [3.63, 3.8) is 0 Å². The van der Waals surface area contributed by atoms with E-state index in [-0.39, 0.29) is 22.4 Å². The van der Waals surface area contributed by atoms with Crippen molar-refractivity contribution in [3.8, 4) is 23.0 Å². The quantitative estimate of drug-likeness (QED) is 0.667. The predicted molar refractivity (Wildman–Crippen MR) is 95.9 cm³/mol. The molecule has 0 saturated carbocycles. The van der Waals surface area contributed by atoms with Gasteiger partial charge < -0.3 is 14.8 Å². The zero-order valence-electron chi connectivity index (χ0n) is 14.6. The lowest BCUT2D eigenvalue weighted by molar-refractivity contribution is -0.141. The first kappa shape index (κ1) is 19.6. The van der Waals surface area contributed by atoms with Crippen LogP contribution in [-0.2, 0) is 6.18 Å². The second kappa shape index (κ2) is 7.85. The number of alkyl halides is 3. The SMILES string of the molecule is COc1cc(Nc2cc(C(F)(F)F)nc(-c3cnccn3)n2)c(OC)cc1Cl. The summed E-state index contributed by atoms with van der Waals surface area (Å²) in [6, 6.07) is 3.73. The second-order valence-electron chi connectivity index (χ2n) is 5.36. The molecule has 0 aliphatic rings. The molecule has 1 aromatic carbocycles. The molecule has 0 amide bonds. The summed E-state index contributed by atoms with van der Waals surface area (Å²) in [5.74, 6) is 0.249. The first-order chi connectivity index (χ1) is 13.3. The number of hydrogen-bond acceptors (Lipinski definition) is 7. The summed E-state index contributed by atoms with van der Waals surface area (Å²) in [4.78, 5) is 15.4. The number of methoxy groups -OCH3 is 2. The minimum atomic E-state index is -4.68. The Morgan fingerprint density at radius 3 is 2.36 bits per heavy atom. The third kappa shape index (κ3) is 4.22. The van der Waals surface area contributed by atoms with Crippen LogP contribution in [0.15, 0.2) is 36.8 Å². The first-order valence-electron chi connectivity index (χ1n) is 7.73. The number of ether oxygens (including phenoxy) is 2. The van der Waals surface area contributed by atoms with Crippen molar-refractivity contribution in [2.75, 3.05) is 19.5 Å². The number of nitrogens with zero attached hydrogens (tertiary/aromatic N) is 4. The molecule has 0 spiro atoms. The van der Waals surface area contributed by atoms with E-state index in [9.17, 15) is 13.2 Å². The van der Waals surface area contributed by atoms with E-state index in [2.05, 4.69) is 25.3 Å². The molecule has 0 aliphatic carbocycles. The van der Waals surface area contributed by atoms with Crippen LogP contribution in [0.3, 0.4) is 0 Å². The number of hydrogen-bond donors (Lipinski definition) is 1. The van der Waals surface area contributed by atoms with Crippen LogP contribution >= 0.6 is 11.6 Å². The molecule has 2 aromatic heterocycles. The number of rotatable bonds is 5. The van der Waals surface area contributed by atoms with Crippen molar-refractivity contribution in [2.24, 2.45) is 0 Å². The smallest absolute Gasteiger partial charge is 0.433 e. The molecule has 3 aromatic rings. The molecule has 0 atom stereocenters. The normalized spacial score (nSPS) is 11.2. The highest BCUT2D eigenvalue weighted by atomic mass is 35.5. The van der Waals surface area contributed by atoms with E-state index in [1.807, 2.05) is 0 Å². The van der Waals surface area contributed by atoms with Crippen molar-refractivity contribution in [1.82, 2.24) is 19.9 Å². The minimum absolute atomic E-state index is 0.0947. The van der Waals surface area contributed by atoms with E-state index in [1.54, 1.807) is 0 Å². The van der Waals surface area contributed by atoms with Crippen molar-refractivity contribution in [2.45, 2.75) is 6.18 Å². The molecule has 1 N–H and O–H groups in total. The van der Waals surface area contributed by atoms with Crippen molar-refractivity contribution in [1.29, 1.82) is 0 Å². The third-order valence-electron chi connectivity index (χ3n) is 3.55. The maximum absolute atomic E-state index is 13.3. The lowest BCUT2D eigenvalue weighted by Gasteiger charge is -2.15. The second-order valence-corrected chi connectivity index (χ2v) is 5.77. The summed E-state index contributed by atoms with van der Waals surface area (Å²) in [6.07, 6.45) is -0.691. The standard InChI is InChI=1S/C17H13ClF3N5O2/c1-27-12-6-10(13(28-2)5-9(12)18)24-15-7-14(17(19,20)21)25-16(26-15)11-8-22-3-4-23-11/h3-8H,1-2H3,(H,24,25,26). The Balaban J connectivity index is 2.09. The van der Waals surface area contributed by atoms with E-state index >= 15 is 0 Å². The van der Waals surface area contributed by atoms with Gasteiger partial charge in [-0.2, -0.15) is 13.2 Å². The van der Waals surface area contributed by atoms with Crippen LogP contribution in [0.4, 0.5) is 24.7 Å². The summed E-state index contributed by atoms with van der Waals surface area (Å²) in [7, 11) is 2.81. The van der Waals surface area contributed by atoms with Crippen LogP contribution in [0.5, 0.6) is 11.5 Å². The van der Waals surface area contributed by atoms with E-state index in [0.717, 1.165) is 6.07 Å². The lowest BCUT2D eigenvalue weighted by Crippen LogP contribution is -2.11. The molecule has 28 heavy (non-hydrogen) atoms. The largest absolute Gasteiger partial charge is 0.495 e. The molecule has 3 rings (SSSR count). The van der Waals surface area contributed by atoms with Gasteiger partial charge in [-0.25, -0.2) is 15.0 Å². The predicted octanol–water partition coefficient (Wildman–Crippen LogP) is 4.37. The Morgan fingerprint density at radius 2 is 1.75 bits per heavy atom. The average molecular weight is 412 g/mol. The molecule has 11 heteroatoms. The van der Waals surface area contributed by atoms with Gasteiger partial charge in [-0.15, -0.1) is 0 Å². The van der Waals surface area contributed by atoms with Crippen molar-refractivity contribution < 1.29 is 22.6 Å². The number of benzene rings is 1. The summed E-state index contributed by atoms with van der Waals surface area (Å²) in [6.45, 7) is 0. The molecule has 146 valence electrons. The highest BCUT2D eigenvalue weighted by molar-refractivity contribution is 6.32. The zero-order valence-corrected chi connectivity index (χ0v) is 15.3. The number of nitrogens with one attached hydrogen (secondary N) is 1. The first-order valence-corrected chi connectivity index (χ1v) is 8.11. The molecular formula is C17H13ClF3N5O2. The molecule has 0 bridgehead atoms. The van der Waals surface area contributed by atoms with Gasteiger partial charge in [0.25, 0.3) is 0 Å². The topological polar surface area (TPSA) is 82.0 Å². The molecule has 0 aliphatic heterocycles. The van der Waals surface area contributed by atoms with Gasteiger partial charge in [0.05, 0.1) is 31.1 Å². The Hall–Kier alpha value is -3.14. The Morgan fingerprint density at radius 1 is 1.00 bits per heavy atom. The number of aromatic nitrogens is 4. The van der Waals surface area contributed by atoms with Gasteiger partial charge in [-0.05, 0) is 0 Å². The minimum Gasteiger partial charge on any atom is -0.495 e. The van der Waals surface area contributed by atoms with Gasteiger partial charge >= 0.3 is 6.18 Å². The lowest BCUT2D eigenvalue weighted by atomic mass is 10.2. The molecule has 0 saturated heterocycles. The van der Waals surface area contributed by atoms with Crippen molar-refractivity contribution >= 4 is 23.1 Å².